The van der Waals surface area contributed by atoms with Crippen LogP contribution >= 0.6 is 0 Å². The molecule has 2 aliphatic rings. The average molecular weight is 547 g/mol. The van der Waals surface area contributed by atoms with Gasteiger partial charge in [-0.05, 0) is 81.7 Å². The van der Waals surface area contributed by atoms with Crippen molar-refractivity contribution in [1.82, 2.24) is 20.2 Å². The number of benzene rings is 1. The van der Waals surface area contributed by atoms with Crippen molar-refractivity contribution in [3.63, 3.8) is 0 Å². The van der Waals surface area contributed by atoms with Crippen LogP contribution in [0.3, 0.4) is 0 Å². The number of carbonyl (C=O) groups is 2. The minimum absolute atomic E-state index is 0.110. The maximum absolute atomic E-state index is 13.1. The Balaban J connectivity index is 1.74. The number of aromatic nitrogens is 2. The number of hydrogen-bond donors (Lipinski definition) is 3. The standard InChI is InChI=1S/C31H42N6O3/c1-20-17-31(18-21(2)37(20)6,34-15-12-27(38)40-7)23-8-9-25(35-29(39)28-33-19-26(32-5)36-28)24(16-23)22-10-13-30(3,4)14-11-22/h8-10,16,19-21,34H,11-15,17-18H2,1-4,6-7H3,(H,33,36)(H,35,39). The fourth-order valence-corrected chi connectivity index (χ4v) is 6.01. The van der Waals surface area contributed by atoms with Crippen LogP contribution in [0, 0.1) is 12.0 Å². The summed E-state index contributed by atoms with van der Waals surface area (Å²) in [5.41, 5.74) is 4.00. The molecule has 2 heterocycles. The quantitative estimate of drug-likeness (QED) is 0.292. The number of rotatable bonds is 8. The number of hydrogen-bond acceptors (Lipinski definition) is 6. The van der Waals surface area contributed by atoms with E-state index >= 15 is 0 Å². The van der Waals surface area contributed by atoms with Crippen LogP contribution in [0.2, 0.25) is 0 Å². The molecule has 0 bridgehead atoms. The molecule has 4 rings (SSSR count). The van der Waals surface area contributed by atoms with E-state index in [1.807, 2.05) is 6.07 Å². The van der Waals surface area contributed by atoms with Crippen LogP contribution < -0.4 is 10.6 Å². The molecule has 214 valence electrons. The fraction of sp³-hybridized carbons (Fsp3) is 0.548. The Hall–Kier alpha value is -3.48. The van der Waals surface area contributed by atoms with E-state index in [2.05, 4.69) is 83.3 Å². The lowest BCUT2D eigenvalue weighted by Crippen LogP contribution is -2.57. The largest absolute Gasteiger partial charge is 0.469 e. The molecular weight excluding hydrogens is 504 g/mol. The number of aromatic amines is 1. The molecule has 1 fully saturated rings. The third kappa shape index (κ3) is 6.45. The summed E-state index contributed by atoms with van der Waals surface area (Å²) in [6.45, 7) is 16.7. The highest BCUT2D eigenvalue weighted by Crippen LogP contribution is 2.43. The van der Waals surface area contributed by atoms with Crippen molar-refractivity contribution in [3.05, 3.63) is 58.8 Å². The molecule has 40 heavy (non-hydrogen) atoms. The number of likely N-dealkylation sites (tertiary alicyclic amines) is 1. The van der Waals surface area contributed by atoms with E-state index in [1.54, 1.807) is 0 Å². The van der Waals surface area contributed by atoms with Crippen molar-refractivity contribution in [2.24, 2.45) is 5.41 Å². The fourth-order valence-electron chi connectivity index (χ4n) is 6.01. The summed E-state index contributed by atoms with van der Waals surface area (Å²) < 4.78 is 4.89. The first-order valence-electron chi connectivity index (χ1n) is 14.1. The van der Waals surface area contributed by atoms with Gasteiger partial charge in [-0.3, -0.25) is 14.6 Å². The molecule has 1 aromatic carbocycles. The molecule has 2 unspecified atom stereocenters. The number of ether oxygens (including phenoxy) is 1. The van der Waals surface area contributed by atoms with Gasteiger partial charge in [0.15, 0.2) is 0 Å². The van der Waals surface area contributed by atoms with Crippen molar-refractivity contribution in [2.45, 2.75) is 83.8 Å². The second kappa shape index (κ2) is 11.9. The molecule has 1 aliphatic heterocycles. The van der Waals surface area contributed by atoms with Crippen molar-refractivity contribution in [3.8, 4) is 0 Å². The first-order chi connectivity index (χ1) is 19.0. The number of H-pyrrole nitrogens is 1. The lowest BCUT2D eigenvalue weighted by molar-refractivity contribution is -0.140. The Morgan fingerprint density at radius 2 is 1.98 bits per heavy atom. The van der Waals surface area contributed by atoms with Gasteiger partial charge in [-0.25, -0.2) is 4.98 Å². The summed E-state index contributed by atoms with van der Waals surface area (Å²) in [7, 11) is 3.59. The Morgan fingerprint density at radius 1 is 1.25 bits per heavy atom. The molecule has 2 atom stereocenters. The number of allylic oxidation sites excluding steroid dienone is 2. The minimum atomic E-state index is -0.381. The van der Waals surface area contributed by atoms with Gasteiger partial charge in [-0.2, -0.15) is 0 Å². The predicted molar refractivity (Wildman–Crippen MR) is 157 cm³/mol. The number of carbonyl (C=O) groups excluding carboxylic acids is 2. The third-order valence-corrected chi connectivity index (χ3v) is 8.73. The van der Waals surface area contributed by atoms with E-state index in [1.165, 1.54) is 18.9 Å². The summed E-state index contributed by atoms with van der Waals surface area (Å²) >= 11 is 0. The van der Waals surface area contributed by atoms with Crippen molar-refractivity contribution < 1.29 is 14.3 Å². The highest BCUT2D eigenvalue weighted by atomic mass is 16.5. The zero-order valence-corrected chi connectivity index (χ0v) is 24.6. The summed E-state index contributed by atoms with van der Waals surface area (Å²) in [5.74, 6) is -0.278. The second-order valence-corrected chi connectivity index (χ2v) is 12.1. The normalized spacial score (nSPS) is 24.6. The molecule has 3 N–H and O–H groups in total. The lowest BCUT2D eigenvalue weighted by Gasteiger charge is -2.49. The lowest BCUT2D eigenvalue weighted by atomic mass is 9.73. The minimum Gasteiger partial charge on any atom is -0.469 e. The van der Waals surface area contributed by atoms with E-state index < -0.39 is 0 Å². The summed E-state index contributed by atoms with van der Waals surface area (Å²) in [6, 6.07) is 6.97. The van der Waals surface area contributed by atoms with E-state index in [4.69, 9.17) is 11.3 Å². The van der Waals surface area contributed by atoms with Gasteiger partial charge in [0.1, 0.15) is 0 Å². The SMILES string of the molecule is [C-]#[N+]c1cnc(C(=O)Nc2ccc(C3(NCCC(=O)OC)CC(C)N(C)C(C)C3)cc2C2=CCC(C)(C)CC2)[nH]1. The number of piperidine rings is 1. The molecule has 2 aromatic rings. The molecule has 0 saturated carbocycles. The van der Waals surface area contributed by atoms with Gasteiger partial charge in [0.25, 0.3) is 5.82 Å². The van der Waals surface area contributed by atoms with Crippen LogP contribution in [0.1, 0.15) is 88.0 Å². The Morgan fingerprint density at radius 3 is 2.58 bits per heavy atom. The molecule has 1 amide bonds. The number of methoxy groups -OCH3 is 1. The molecular formula is C31H42N6O3. The molecule has 0 spiro atoms. The van der Waals surface area contributed by atoms with Crippen LogP contribution in [0.4, 0.5) is 11.5 Å². The van der Waals surface area contributed by atoms with Crippen LogP contribution in [0.25, 0.3) is 10.4 Å². The zero-order valence-electron chi connectivity index (χ0n) is 24.6. The number of nitrogens with one attached hydrogen (secondary N) is 3. The highest BCUT2D eigenvalue weighted by molar-refractivity contribution is 6.03. The maximum Gasteiger partial charge on any atom is 0.314 e. The smallest absolute Gasteiger partial charge is 0.314 e. The van der Waals surface area contributed by atoms with E-state index in [-0.39, 0.29) is 34.5 Å². The first-order valence-corrected chi connectivity index (χ1v) is 14.1. The van der Waals surface area contributed by atoms with Gasteiger partial charge in [-0.15, -0.1) is 0 Å². The number of esters is 1. The van der Waals surface area contributed by atoms with Crippen LogP contribution in [-0.4, -0.2) is 59.5 Å². The Labute approximate surface area is 237 Å². The van der Waals surface area contributed by atoms with Gasteiger partial charge >= 0.3 is 11.9 Å². The summed E-state index contributed by atoms with van der Waals surface area (Å²) in [6.07, 6.45) is 8.69. The monoisotopic (exact) mass is 546 g/mol. The van der Waals surface area contributed by atoms with Gasteiger partial charge in [-0.1, -0.05) is 32.6 Å². The van der Waals surface area contributed by atoms with Gasteiger partial charge < -0.3 is 25.1 Å². The van der Waals surface area contributed by atoms with Gasteiger partial charge in [0.05, 0.1) is 19.7 Å². The number of imidazole rings is 1. The predicted octanol–water partition coefficient (Wildman–Crippen LogP) is 5.66. The summed E-state index contributed by atoms with van der Waals surface area (Å²) in [5, 5.41) is 6.81. The van der Waals surface area contributed by atoms with Crippen molar-refractivity contribution >= 4 is 29.0 Å². The molecule has 1 saturated heterocycles. The summed E-state index contributed by atoms with van der Waals surface area (Å²) in [4.78, 5) is 37.6. The van der Waals surface area contributed by atoms with Gasteiger partial charge in [0.2, 0.25) is 5.82 Å². The van der Waals surface area contributed by atoms with Crippen LogP contribution in [0.5, 0.6) is 0 Å². The topological polar surface area (TPSA) is 104 Å². The van der Waals surface area contributed by atoms with E-state index in [9.17, 15) is 9.59 Å². The molecule has 9 heteroatoms. The van der Waals surface area contributed by atoms with Crippen LogP contribution in [-0.2, 0) is 15.1 Å². The molecule has 1 aliphatic carbocycles. The van der Waals surface area contributed by atoms with Crippen molar-refractivity contribution in [2.75, 3.05) is 26.0 Å². The van der Waals surface area contributed by atoms with Gasteiger partial charge in [0, 0.05) is 35.4 Å². The number of nitrogens with zero attached hydrogens (tertiary/aromatic N) is 3. The third-order valence-electron chi connectivity index (χ3n) is 8.73. The molecule has 0 radical (unpaired) electrons. The molecule has 1 aromatic heterocycles. The number of amides is 1. The molecule has 9 nitrogen and oxygen atoms in total. The number of anilines is 1. The van der Waals surface area contributed by atoms with E-state index in [0.717, 1.165) is 48.9 Å². The average Bonchev–Trinajstić information content (AvgIpc) is 3.41. The maximum atomic E-state index is 13.1. The Bertz CT molecular complexity index is 1310. The highest BCUT2D eigenvalue weighted by Gasteiger charge is 2.42. The Kier molecular flexibility index (Phi) is 8.81. The second-order valence-electron chi connectivity index (χ2n) is 12.1. The van der Waals surface area contributed by atoms with Crippen LogP contribution in [0.15, 0.2) is 30.5 Å². The van der Waals surface area contributed by atoms with Crippen molar-refractivity contribution in [1.29, 1.82) is 0 Å². The van der Waals surface area contributed by atoms with E-state index in [0.29, 0.717) is 25.0 Å². The first kappa shape index (κ1) is 29.5. The zero-order chi connectivity index (χ0) is 29.1.